The van der Waals surface area contributed by atoms with Crippen molar-refractivity contribution in [2.75, 3.05) is 0 Å². The van der Waals surface area contributed by atoms with E-state index in [0.717, 1.165) is 17.4 Å². The van der Waals surface area contributed by atoms with Crippen LogP contribution in [0.3, 0.4) is 0 Å². The number of phenols is 1. The van der Waals surface area contributed by atoms with Gasteiger partial charge in [-0.05, 0) is 95.5 Å². The van der Waals surface area contributed by atoms with E-state index in [4.69, 9.17) is 0 Å². The number of benzene rings is 2. The van der Waals surface area contributed by atoms with Crippen LogP contribution in [0.15, 0.2) is 42.5 Å². The number of hydrogen-bond acceptors (Lipinski definition) is 1. The first-order chi connectivity index (χ1) is 10.6. The summed E-state index contributed by atoms with van der Waals surface area (Å²) in [6, 6.07) is 15.4. The fraction of sp³-hybridized carbons (Fsp3) is 0.400. The second kappa shape index (κ2) is 5.26. The second-order valence-corrected chi connectivity index (χ2v) is 8.31. The predicted octanol–water partition coefficient (Wildman–Crippen LogP) is 5.41. The van der Waals surface area contributed by atoms with E-state index in [-0.39, 0.29) is 5.41 Å². The van der Waals surface area contributed by atoms with Crippen molar-refractivity contribution >= 4 is 22.6 Å². The van der Waals surface area contributed by atoms with Gasteiger partial charge in [0.05, 0.1) is 0 Å². The summed E-state index contributed by atoms with van der Waals surface area (Å²) in [7, 11) is 0. The number of fused-ring (bicyclic) bond motifs is 2. The Morgan fingerprint density at radius 1 is 1.05 bits per heavy atom. The minimum absolute atomic E-state index is 0.158. The fourth-order valence-corrected chi connectivity index (χ4v) is 5.24. The van der Waals surface area contributed by atoms with Gasteiger partial charge in [0.1, 0.15) is 5.75 Å². The molecule has 3 unspecified atom stereocenters. The highest BCUT2D eigenvalue weighted by molar-refractivity contribution is 14.1. The molecule has 0 heterocycles. The van der Waals surface area contributed by atoms with Crippen molar-refractivity contribution in [2.24, 2.45) is 11.8 Å². The molecule has 2 heteroatoms. The first-order valence-electron chi connectivity index (χ1n) is 8.16. The normalized spacial score (nSPS) is 29.9. The SMILES string of the molecule is Cc1cc(C2(c3ccc(I)cc3)CC3CCC2C3)ccc1O. The number of aryl methyl sites for hydroxylation is 1. The minimum Gasteiger partial charge on any atom is -0.508 e. The lowest BCUT2D eigenvalue weighted by atomic mass is 9.64. The zero-order valence-corrected chi connectivity index (χ0v) is 15.0. The van der Waals surface area contributed by atoms with Gasteiger partial charge in [0.2, 0.25) is 0 Å². The van der Waals surface area contributed by atoms with Crippen molar-refractivity contribution in [3.8, 4) is 5.75 Å². The molecule has 0 spiro atoms. The number of rotatable bonds is 2. The first kappa shape index (κ1) is 14.6. The van der Waals surface area contributed by atoms with E-state index in [0.29, 0.717) is 5.75 Å². The molecule has 0 amide bonds. The van der Waals surface area contributed by atoms with Crippen molar-refractivity contribution in [1.82, 2.24) is 0 Å². The van der Waals surface area contributed by atoms with E-state index in [1.165, 1.54) is 40.4 Å². The van der Waals surface area contributed by atoms with E-state index in [2.05, 4.69) is 59.0 Å². The average molecular weight is 404 g/mol. The van der Waals surface area contributed by atoms with Crippen LogP contribution in [-0.4, -0.2) is 5.11 Å². The Bertz CT molecular complexity index is 706. The summed E-state index contributed by atoms with van der Waals surface area (Å²) < 4.78 is 1.29. The van der Waals surface area contributed by atoms with Gasteiger partial charge in [-0.15, -0.1) is 0 Å². The molecule has 2 aromatic carbocycles. The van der Waals surface area contributed by atoms with Gasteiger partial charge in [-0.1, -0.05) is 30.7 Å². The van der Waals surface area contributed by atoms with Crippen LogP contribution in [0.25, 0.3) is 0 Å². The molecule has 22 heavy (non-hydrogen) atoms. The van der Waals surface area contributed by atoms with Crippen LogP contribution in [0.1, 0.15) is 42.4 Å². The predicted molar refractivity (Wildman–Crippen MR) is 98.2 cm³/mol. The van der Waals surface area contributed by atoms with Crippen LogP contribution in [0.5, 0.6) is 5.75 Å². The van der Waals surface area contributed by atoms with Crippen LogP contribution < -0.4 is 0 Å². The summed E-state index contributed by atoms with van der Waals surface area (Å²) in [4.78, 5) is 0. The molecule has 0 aromatic heterocycles. The van der Waals surface area contributed by atoms with Gasteiger partial charge in [0.25, 0.3) is 0 Å². The van der Waals surface area contributed by atoms with Crippen LogP contribution in [0, 0.1) is 22.3 Å². The third-order valence-corrected chi connectivity index (χ3v) is 6.64. The molecule has 114 valence electrons. The van der Waals surface area contributed by atoms with Gasteiger partial charge in [-0.2, -0.15) is 0 Å². The molecule has 2 aliphatic rings. The quantitative estimate of drug-likeness (QED) is 0.664. The van der Waals surface area contributed by atoms with Crippen molar-refractivity contribution < 1.29 is 5.11 Å². The van der Waals surface area contributed by atoms with Crippen LogP contribution >= 0.6 is 22.6 Å². The zero-order valence-electron chi connectivity index (χ0n) is 12.8. The molecular weight excluding hydrogens is 383 g/mol. The zero-order chi connectivity index (χ0) is 15.3. The van der Waals surface area contributed by atoms with Crippen molar-refractivity contribution in [1.29, 1.82) is 0 Å². The van der Waals surface area contributed by atoms with Gasteiger partial charge in [-0.25, -0.2) is 0 Å². The molecule has 3 atom stereocenters. The summed E-state index contributed by atoms with van der Waals surface area (Å²) in [5.74, 6) is 2.03. The Labute approximate surface area is 145 Å². The third-order valence-electron chi connectivity index (χ3n) is 5.92. The topological polar surface area (TPSA) is 20.2 Å². The maximum Gasteiger partial charge on any atom is 0.118 e. The number of hydrogen-bond donors (Lipinski definition) is 1. The van der Waals surface area contributed by atoms with Crippen LogP contribution in [-0.2, 0) is 5.41 Å². The van der Waals surface area contributed by atoms with E-state index < -0.39 is 0 Å². The third kappa shape index (κ3) is 2.10. The fourth-order valence-electron chi connectivity index (χ4n) is 4.88. The Morgan fingerprint density at radius 2 is 1.77 bits per heavy atom. The van der Waals surface area contributed by atoms with Crippen LogP contribution in [0.2, 0.25) is 0 Å². The van der Waals surface area contributed by atoms with Gasteiger partial charge in [0.15, 0.2) is 0 Å². The lowest BCUT2D eigenvalue weighted by Crippen LogP contribution is -2.34. The van der Waals surface area contributed by atoms with Gasteiger partial charge < -0.3 is 5.11 Å². The van der Waals surface area contributed by atoms with E-state index in [1.807, 2.05) is 13.0 Å². The van der Waals surface area contributed by atoms with Crippen molar-refractivity contribution in [2.45, 2.75) is 38.0 Å². The molecule has 2 saturated carbocycles. The highest BCUT2D eigenvalue weighted by Gasteiger charge is 2.52. The largest absolute Gasteiger partial charge is 0.508 e. The standard InChI is InChI=1S/C20H21IO/c1-13-10-16(6-9-19(13)22)20(12-14-2-3-17(20)11-14)15-4-7-18(21)8-5-15/h4-10,14,17,22H,2-3,11-12H2,1H3. The molecule has 2 aliphatic carbocycles. The highest BCUT2D eigenvalue weighted by atomic mass is 127. The van der Waals surface area contributed by atoms with E-state index in [9.17, 15) is 5.11 Å². The molecule has 1 N–H and O–H groups in total. The monoisotopic (exact) mass is 404 g/mol. The molecule has 0 aliphatic heterocycles. The van der Waals surface area contributed by atoms with Gasteiger partial charge in [0, 0.05) is 8.99 Å². The van der Waals surface area contributed by atoms with Gasteiger partial charge >= 0.3 is 0 Å². The lowest BCUT2D eigenvalue weighted by molar-refractivity contribution is 0.319. The molecule has 0 radical (unpaired) electrons. The molecule has 4 rings (SSSR count). The Kier molecular flexibility index (Phi) is 3.48. The van der Waals surface area contributed by atoms with Crippen molar-refractivity contribution in [3.05, 3.63) is 62.7 Å². The molecule has 0 saturated heterocycles. The summed E-state index contributed by atoms with van der Waals surface area (Å²) >= 11 is 2.38. The van der Waals surface area contributed by atoms with Crippen LogP contribution in [0.4, 0.5) is 0 Å². The first-order valence-corrected chi connectivity index (χ1v) is 9.23. The molecule has 2 aromatic rings. The summed E-state index contributed by atoms with van der Waals surface area (Å²) in [6.07, 6.45) is 5.37. The summed E-state index contributed by atoms with van der Waals surface area (Å²) in [5.41, 5.74) is 4.01. The Balaban J connectivity index is 1.89. The Hall–Kier alpha value is -1.03. The lowest BCUT2D eigenvalue weighted by Gasteiger charge is -2.39. The van der Waals surface area contributed by atoms with E-state index in [1.54, 1.807) is 0 Å². The Morgan fingerprint density at radius 3 is 2.36 bits per heavy atom. The summed E-state index contributed by atoms with van der Waals surface area (Å²) in [6.45, 7) is 2.01. The molecular formula is C20H21IO. The summed E-state index contributed by atoms with van der Waals surface area (Å²) in [5, 5.41) is 9.91. The number of aromatic hydroxyl groups is 1. The molecule has 2 bridgehead atoms. The van der Waals surface area contributed by atoms with Gasteiger partial charge in [-0.3, -0.25) is 0 Å². The van der Waals surface area contributed by atoms with Crippen molar-refractivity contribution in [3.63, 3.8) is 0 Å². The number of phenolic OH excluding ortho intramolecular Hbond substituents is 1. The maximum absolute atomic E-state index is 9.91. The minimum atomic E-state index is 0.158. The molecule has 2 fully saturated rings. The smallest absolute Gasteiger partial charge is 0.118 e. The molecule has 1 nitrogen and oxygen atoms in total. The highest BCUT2D eigenvalue weighted by Crippen LogP contribution is 2.60. The van der Waals surface area contributed by atoms with E-state index >= 15 is 0 Å². The second-order valence-electron chi connectivity index (χ2n) is 7.06. The average Bonchev–Trinajstić information content (AvgIpc) is 3.12. The maximum atomic E-state index is 9.91. The number of halogens is 1.